The second-order valence-electron chi connectivity index (χ2n) is 2.92. The van der Waals surface area contributed by atoms with Crippen molar-refractivity contribution in [2.24, 2.45) is 5.92 Å². The molecule has 11 heavy (non-hydrogen) atoms. The minimum Gasteiger partial charge on any atom is -0.330 e. The van der Waals surface area contributed by atoms with Crippen molar-refractivity contribution in [2.75, 3.05) is 0 Å². The third kappa shape index (κ3) is 3.39. The van der Waals surface area contributed by atoms with Gasteiger partial charge in [0.1, 0.15) is 0 Å². The van der Waals surface area contributed by atoms with E-state index in [1.807, 2.05) is 0 Å². The second-order valence-corrected chi connectivity index (χ2v) is 2.92. The summed E-state index contributed by atoms with van der Waals surface area (Å²) >= 11 is 0. The van der Waals surface area contributed by atoms with Gasteiger partial charge in [0, 0.05) is 0 Å². The van der Waals surface area contributed by atoms with E-state index in [0.717, 1.165) is 5.92 Å². The molecule has 2 rings (SSSR count). The van der Waals surface area contributed by atoms with Crippen LogP contribution in [0.5, 0.6) is 0 Å². The zero-order valence-electron chi connectivity index (χ0n) is 6.96. The van der Waals surface area contributed by atoms with Crippen LogP contribution in [0.3, 0.4) is 0 Å². The van der Waals surface area contributed by atoms with Gasteiger partial charge >= 0.3 is 51.4 Å². The van der Waals surface area contributed by atoms with Gasteiger partial charge in [-0.05, 0) is 0 Å². The van der Waals surface area contributed by atoms with E-state index in [1.54, 1.807) is 0 Å². The minimum atomic E-state index is 0. The molecule has 0 unspecified atom stereocenters. The zero-order chi connectivity index (χ0) is 6.81. The molecule has 0 heterocycles. The first-order chi connectivity index (χ1) is 4.95. The van der Waals surface area contributed by atoms with Crippen LogP contribution < -0.4 is 51.4 Å². The van der Waals surface area contributed by atoms with E-state index in [4.69, 9.17) is 0 Å². The monoisotopic (exact) mass is 170 g/mol. The Kier molecular flexibility index (Phi) is 4.32. The Morgan fingerprint density at radius 1 is 1.27 bits per heavy atom. The van der Waals surface area contributed by atoms with Crippen LogP contribution in [0.15, 0.2) is 30.3 Å². The first kappa shape index (κ1) is 9.94. The van der Waals surface area contributed by atoms with Gasteiger partial charge in [0.15, 0.2) is 0 Å². The van der Waals surface area contributed by atoms with Gasteiger partial charge in [-0.1, -0.05) is 42.3 Å². The van der Waals surface area contributed by atoms with E-state index in [9.17, 15) is 0 Å². The number of rotatable bonds is 2. The van der Waals surface area contributed by atoms with Crippen molar-refractivity contribution in [1.82, 2.24) is 0 Å². The smallest absolute Gasteiger partial charge is 0.330 e. The van der Waals surface area contributed by atoms with Crippen LogP contribution >= 0.6 is 0 Å². The van der Waals surface area contributed by atoms with Crippen molar-refractivity contribution in [1.29, 1.82) is 0 Å². The molecule has 0 N–H and O–H groups in total. The first-order valence-corrected chi connectivity index (χ1v) is 3.82. The van der Waals surface area contributed by atoms with E-state index in [2.05, 4.69) is 36.8 Å². The Labute approximate surface area is 111 Å². The summed E-state index contributed by atoms with van der Waals surface area (Å²) in [5, 5.41) is 0. The predicted molar refractivity (Wildman–Crippen MR) is 42.6 cm³/mol. The molecule has 0 radical (unpaired) electrons. The van der Waals surface area contributed by atoms with E-state index in [0.29, 0.717) is 0 Å². The van der Waals surface area contributed by atoms with Gasteiger partial charge in [-0.2, -0.15) is 5.92 Å². The first-order valence-electron chi connectivity index (χ1n) is 3.82. The quantitative estimate of drug-likeness (QED) is 0.413. The van der Waals surface area contributed by atoms with Crippen LogP contribution in [0.2, 0.25) is 0 Å². The Balaban J connectivity index is 0.000000605. The third-order valence-corrected chi connectivity index (χ3v) is 1.91. The summed E-state index contributed by atoms with van der Waals surface area (Å²) in [4.78, 5) is 0. The number of hydrogen-bond donors (Lipinski definition) is 0. The fraction of sp³-hybridized carbons (Fsp3) is 0.300. The van der Waals surface area contributed by atoms with Crippen LogP contribution in [-0.4, -0.2) is 0 Å². The van der Waals surface area contributed by atoms with Crippen molar-refractivity contribution in [2.45, 2.75) is 12.8 Å². The van der Waals surface area contributed by atoms with E-state index in [-0.39, 0.29) is 51.4 Å². The van der Waals surface area contributed by atoms with Crippen LogP contribution in [0.4, 0.5) is 0 Å². The Morgan fingerprint density at radius 3 is 2.45 bits per heavy atom. The van der Waals surface area contributed by atoms with E-state index < -0.39 is 0 Å². The van der Waals surface area contributed by atoms with Gasteiger partial charge < -0.3 is 6.42 Å². The van der Waals surface area contributed by atoms with Gasteiger partial charge in [-0.15, -0.1) is 0 Å². The average Bonchev–Trinajstić information content (AvgIpc) is 2.74. The second kappa shape index (κ2) is 4.78. The maximum absolute atomic E-state index is 2.37. The van der Waals surface area contributed by atoms with Gasteiger partial charge in [0.05, 0.1) is 0 Å². The standard InChI is InChI=1S/C10H11.K/c1-2-4-9(5-3-1)8-10-6-7-10;/h1-6,10H,7-8H2;/q-1;+1/t10-;/m1./s1. The maximum Gasteiger partial charge on any atom is 1.00 e. The average molecular weight is 170 g/mol. The van der Waals surface area contributed by atoms with E-state index in [1.165, 1.54) is 18.4 Å². The Hall–Kier alpha value is 0.856. The topological polar surface area (TPSA) is 0 Å². The van der Waals surface area contributed by atoms with Crippen molar-refractivity contribution >= 4 is 0 Å². The van der Waals surface area contributed by atoms with E-state index >= 15 is 0 Å². The molecule has 1 atom stereocenters. The number of benzene rings is 1. The van der Waals surface area contributed by atoms with Gasteiger partial charge in [-0.25, -0.2) is 6.42 Å². The van der Waals surface area contributed by atoms with Crippen LogP contribution in [0, 0.1) is 12.3 Å². The molecular formula is C10H11K. The molecule has 1 aromatic rings. The minimum absolute atomic E-state index is 0. The third-order valence-electron chi connectivity index (χ3n) is 1.91. The molecule has 1 saturated carbocycles. The Bertz CT molecular complexity index is 201. The predicted octanol–water partition coefficient (Wildman–Crippen LogP) is -0.543. The molecular weight excluding hydrogens is 159 g/mol. The molecule has 0 aliphatic heterocycles. The van der Waals surface area contributed by atoms with Gasteiger partial charge in [0.25, 0.3) is 0 Å². The Morgan fingerprint density at radius 2 is 1.91 bits per heavy atom. The summed E-state index contributed by atoms with van der Waals surface area (Å²) < 4.78 is 0. The van der Waals surface area contributed by atoms with Crippen molar-refractivity contribution in [3.63, 3.8) is 0 Å². The summed E-state index contributed by atoms with van der Waals surface area (Å²) in [5.41, 5.74) is 1.47. The molecule has 1 aliphatic carbocycles. The normalized spacial score (nSPS) is 20.5. The molecule has 0 saturated heterocycles. The molecule has 0 aromatic heterocycles. The molecule has 1 aromatic carbocycles. The molecule has 1 aliphatic rings. The van der Waals surface area contributed by atoms with Crippen LogP contribution in [0.1, 0.15) is 12.0 Å². The molecule has 1 fully saturated rings. The van der Waals surface area contributed by atoms with Gasteiger partial charge in [-0.3, -0.25) is 0 Å². The number of hydrogen-bond acceptors (Lipinski definition) is 0. The summed E-state index contributed by atoms with van der Waals surface area (Å²) in [7, 11) is 0. The summed E-state index contributed by atoms with van der Waals surface area (Å²) in [6.07, 6.45) is 4.95. The van der Waals surface area contributed by atoms with Crippen LogP contribution in [-0.2, 0) is 6.42 Å². The van der Waals surface area contributed by atoms with Crippen molar-refractivity contribution in [3.8, 4) is 0 Å². The largest absolute Gasteiger partial charge is 1.00 e. The van der Waals surface area contributed by atoms with Gasteiger partial charge in [0.2, 0.25) is 0 Å². The molecule has 0 spiro atoms. The fourth-order valence-electron chi connectivity index (χ4n) is 1.18. The van der Waals surface area contributed by atoms with Crippen LogP contribution in [0.25, 0.3) is 0 Å². The zero-order valence-corrected chi connectivity index (χ0v) is 10.1. The molecule has 0 amide bonds. The molecule has 0 bridgehead atoms. The summed E-state index contributed by atoms with van der Waals surface area (Å²) in [6, 6.07) is 10.7. The summed E-state index contributed by atoms with van der Waals surface area (Å²) in [6.45, 7) is 0. The fourth-order valence-corrected chi connectivity index (χ4v) is 1.18. The SMILES string of the molecule is [K+].c1ccc(C[C@@H]2[CH-]C2)cc1. The van der Waals surface area contributed by atoms with Crippen molar-refractivity contribution < 1.29 is 51.4 Å². The molecule has 1 heteroatoms. The molecule has 52 valence electrons. The maximum atomic E-state index is 2.37. The molecule has 0 nitrogen and oxygen atoms in total. The summed E-state index contributed by atoms with van der Waals surface area (Å²) in [5.74, 6) is 0.891. The van der Waals surface area contributed by atoms with Crippen molar-refractivity contribution in [3.05, 3.63) is 42.3 Å².